The number of carbonyl (C=O) groups excluding carboxylic acids is 1. The van der Waals surface area contributed by atoms with E-state index >= 15 is 0 Å². The summed E-state index contributed by atoms with van der Waals surface area (Å²) in [5.41, 5.74) is 1.30. The normalized spacial score (nSPS) is 19.7. The van der Waals surface area contributed by atoms with Gasteiger partial charge in [-0.15, -0.1) is 0 Å². The Hall–Kier alpha value is 0.0136. The summed E-state index contributed by atoms with van der Waals surface area (Å²) < 4.78 is 0. The van der Waals surface area contributed by atoms with Crippen LogP contribution in [0.25, 0.3) is 0 Å². The quantitative estimate of drug-likeness (QED) is 0.769. The van der Waals surface area contributed by atoms with Crippen LogP contribution in [0.3, 0.4) is 0 Å². The van der Waals surface area contributed by atoms with E-state index in [0.717, 1.165) is 0 Å². The zero-order valence-corrected chi connectivity index (χ0v) is 11.0. The summed E-state index contributed by atoms with van der Waals surface area (Å²) in [7, 11) is 1.59. The third-order valence-corrected chi connectivity index (χ3v) is 2.16. The Morgan fingerprint density at radius 3 is 2.62 bits per heavy atom. The first-order valence-corrected chi connectivity index (χ1v) is 3.76. The summed E-state index contributed by atoms with van der Waals surface area (Å²) in [6.07, 6.45) is -0.770. The topological polar surface area (TPSA) is 40.5 Å². The fraction of sp³-hybridized carbons (Fsp3) is 0.222. The number of rotatable bonds is 0. The Labute approximate surface area is 110 Å². The zero-order valence-electron chi connectivity index (χ0n) is 7.27. The van der Waals surface area contributed by atoms with E-state index in [1.54, 1.807) is 25.2 Å². The summed E-state index contributed by atoms with van der Waals surface area (Å²) >= 11 is 0. The molecule has 1 aromatic carbocycles. The van der Waals surface area contributed by atoms with Crippen molar-refractivity contribution in [3.8, 4) is 0 Å². The van der Waals surface area contributed by atoms with Gasteiger partial charge in [-0.1, -0.05) is 18.2 Å². The van der Waals surface area contributed by atoms with Crippen LogP contribution in [0.2, 0.25) is 0 Å². The third-order valence-electron chi connectivity index (χ3n) is 2.16. The molecule has 1 aliphatic heterocycles. The fourth-order valence-electron chi connectivity index (χ4n) is 1.43. The maximum absolute atomic E-state index is 11.4. The molecule has 0 aliphatic carbocycles. The molecule has 0 fully saturated rings. The Morgan fingerprint density at radius 1 is 1.38 bits per heavy atom. The second kappa shape index (κ2) is 4.03. The minimum Gasteiger partial charge on any atom is -0.369 e. The summed E-state index contributed by atoms with van der Waals surface area (Å²) in [6.45, 7) is 0. The standard InChI is InChI=1S/C9H9NO2.Pr/c1-10-8(11)6-4-2-3-5-7(6)9(10)12;/h2-5,8,11H,1H3;. The maximum Gasteiger partial charge on any atom is 0.256 e. The Balaban J connectivity index is 0.000000845. The molecule has 1 aromatic rings. The average Bonchev–Trinajstić information content (AvgIpc) is 2.33. The second-order valence-electron chi connectivity index (χ2n) is 2.88. The number of aliphatic hydroxyl groups is 1. The minimum atomic E-state index is -0.770. The summed E-state index contributed by atoms with van der Waals surface area (Å²) in [6, 6.07) is 7.10. The summed E-state index contributed by atoms with van der Waals surface area (Å²) in [5, 5.41) is 9.53. The SMILES string of the molecule is CN1C(=O)c2ccccc2C1O.[Pr]. The van der Waals surface area contributed by atoms with Crippen molar-refractivity contribution in [2.24, 2.45) is 0 Å². The number of nitrogens with zero attached hydrogens (tertiary/aromatic N) is 1. The minimum absolute atomic E-state index is 0. The zero-order chi connectivity index (χ0) is 8.72. The molecule has 0 spiro atoms. The molecule has 4 heteroatoms. The molecule has 0 bridgehead atoms. The molecular formula is C9H9NO2Pr. The van der Waals surface area contributed by atoms with E-state index in [0.29, 0.717) is 11.1 Å². The molecule has 1 N–H and O–H groups in total. The van der Waals surface area contributed by atoms with Crippen LogP contribution < -0.4 is 0 Å². The smallest absolute Gasteiger partial charge is 0.256 e. The number of hydrogen-bond acceptors (Lipinski definition) is 2. The molecule has 0 saturated carbocycles. The van der Waals surface area contributed by atoms with Crippen molar-refractivity contribution in [3.63, 3.8) is 0 Å². The van der Waals surface area contributed by atoms with Crippen LogP contribution in [-0.4, -0.2) is 23.0 Å². The average molecular weight is 304 g/mol. The summed E-state index contributed by atoms with van der Waals surface area (Å²) in [5.74, 6) is -0.113. The molecule has 0 aromatic heterocycles. The van der Waals surface area contributed by atoms with E-state index in [1.165, 1.54) is 4.90 Å². The van der Waals surface area contributed by atoms with Crippen LogP contribution in [-0.2, 0) is 0 Å². The first kappa shape index (κ1) is 11.1. The van der Waals surface area contributed by atoms with Gasteiger partial charge in [0, 0.05) is 59.5 Å². The van der Waals surface area contributed by atoms with Gasteiger partial charge >= 0.3 is 0 Å². The molecule has 1 heterocycles. The van der Waals surface area contributed by atoms with Crippen molar-refractivity contribution >= 4 is 5.91 Å². The second-order valence-corrected chi connectivity index (χ2v) is 2.88. The van der Waals surface area contributed by atoms with Crippen molar-refractivity contribution in [2.75, 3.05) is 7.05 Å². The molecule has 1 radical (unpaired) electrons. The van der Waals surface area contributed by atoms with Crippen LogP contribution in [0, 0.1) is 41.3 Å². The largest absolute Gasteiger partial charge is 0.369 e. The molecule has 1 aliphatic rings. The maximum atomic E-state index is 11.4. The molecule has 1 unspecified atom stereocenters. The van der Waals surface area contributed by atoms with Crippen molar-refractivity contribution in [2.45, 2.75) is 6.23 Å². The Bertz CT molecular complexity index is 340. The van der Waals surface area contributed by atoms with E-state index in [4.69, 9.17) is 0 Å². The first-order chi connectivity index (χ1) is 5.72. The number of carbonyl (C=O) groups is 1. The van der Waals surface area contributed by atoms with Gasteiger partial charge in [-0.3, -0.25) is 4.79 Å². The number of fused-ring (bicyclic) bond motifs is 1. The van der Waals surface area contributed by atoms with Crippen LogP contribution in [0.5, 0.6) is 0 Å². The monoisotopic (exact) mass is 304 g/mol. The van der Waals surface area contributed by atoms with Gasteiger partial charge in [0.05, 0.1) is 0 Å². The van der Waals surface area contributed by atoms with Gasteiger partial charge in [0.25, 0.3) is 5.91 Å². The van der Waals surface area contributed by atoms with Crippen LogP contribution >= 0.6 is 0 Å². The molecule has 65 valence electrons. The van der Waals surface area contributed by atoms with Gasteiger partial charge in [0.2, 0.25) is 0 Å². The number of benzene rings is 1. The van der Waals surface area contributed by atoms with E-state index in [1.807, 2.05) is 6.07 Å². The molecular weight excluding hydrogens is 295 g/mol. The third kappa shape index (κ3) is 1.65. The Kier molecular flexibility index (Phi) is 3.44. The van der Waals surface area contributed by atoms with Gasteiger partial charge in [0.1, 0.15) is 0 Å². The van der Waals surface area contributed by atoms with Crippen molar-refractivity contribution in [3.05, 3.63) is 35.4 Å². The molecule has 13 heavy (non-hydrogen) atoms. The fourth-order valence-corrected chi connectivity index (χ4v) is 1.43. The number of amides is 1. The van der Waals surface area contributed by atoms with Crippen LogP contribution in [0.1, 0.15) is 22.1 Å². The van der Waals surface area contributed by atoms with E-state index < -0.39 is 6.23 Å². The van der Waals surface area contributed by atoms with Gasteiger partial charge in [-0.25, -0.2) is 0 Å². The predicted molar refractivity (Wildman–Crippen MR) is 43.5 cm³/mol. The molecule has 1 amide bonds. The number of hydrogen-bond donors (Lipinski definition) is 1. The van der Waals surface area contributed by atoms with Crippen LogP contribution in [0.4, 0.5) is 0 Å². The molecule has 2 rings (SSSR count). The Morgan fingerprint density at radius 2 is 2.00 bits per heavy atom. The van der Waals surface area contributed by atoms with E-state index in [-0.39, 0.29) is 47.2 Å². The molecule has 0 saturated heterocycles. The number of aliphatic hydroxyl groups excluding tert-OH is 1. The predicted octanol–water partition coefficient (Wildman–Crippen LogP) is 0.763. The van der Waals surface area contributed by atoms with E-state index in [2.05, 4.69) is 0 Å². The van der Waals surface area contributed by atoms with Crippen molar-refractivity contribution in [1.82, 2.24) is 4.90 Å². The van der Waals surface area contributed by atoms with Gasteiger partial charge in [0.15, 0.2) is 6.23 Å². The first-order valence-electron chi connectivity index (χ1n) is 3.76. The summed E-state index contributed by atoms with van der Waals surface area (Å²) in [4.78, 5) is 12.7. The van der Waals surface area contributed by atoms with Gasteiger partial charge in [-0.2, -0.15) is 0 Å². The van der Waals surface area contributed by atoms with E-state index in [9.17, 15) is 9.90 Å². The van der Waals surface area contributed by atoms with Gasteiger partial charge < -0.3 is 10.0 Å². The molecule has 3 nitrogen and oxygen atoms in total. The van der Waals surface area contributed by atoms with Crippen LogP contribution in [0.15, 0.2) is 24.3 Å². The van der Waals surface area contributed by atoms with Crippen molar-refractivity contribution < 1.29 is 51.2 Å². The molecule has 1 atom stereocenters. The van der Waals surface area contributed by atoms with Crippen molar-refractivity contribution in [1.29, 1.82) is 0 Å². The van der Waals surface area contributed by atoms with Gasteiger partial charge in [-0.05, 0) is 6.07 Å².